The van der Waals surface area contributed by atoms with Gasteiger partial charge in [-0.2, -0.15) is 5.26 Å². The Labute approximate surface area is 119 Å². The minimum Gasteiger partial charge on any atom is -0.478 e. The van der Waals surface area contributed by atoms with Gasteiger partial charge in [-0.3, -0.25) is 0 Å². The maximum atomic E-state index is 13.6. The molecule has 0 heterocycles. The number of anilines is 1. The SMILES string of the molecule is CCN(CCC#N)C(=O)Nc1cc(C(=O)O)c(F)cc1F. The third-order valence-corrected chi connectivity index (χ3v) is 2.69. The van der Waals surface area contributed by atoms with Gasteiger partial charge in [-0.25, -0.2) is 18.4 Å². The van der Waals surface area contributed by atoms with E-state index in [1.54, 1.807) is 6.92 Å². The Morgan fingerprint density at radius 2 is 2.05 bits per heavy atom. The first-order valence-electron chi connectivity index (χ1n) is 6.05. The van der Waals surface area contributed by atoms with Gasteiger partial charge in [-0.1, -0.05) is 0 Å². The number of carboxylic acids is 1. The third-order valence-electron chi connectivity index (χ3n) is 2.69. The van der Waals surface area contributed by atoms with E-state index in [9.17, 15) is 18.4 Å². The lowest BCUT2D eigenvalue weighted by molar-refractivity contribution is 0.0691. The molecule has 2 N–H and O–H groups in total. The van der Waals surface area contributed by atoms with E-state index in [0.717, 1.165) is 0 Å². The van der Waals surface area contributed by atoms with Crippen molar-refractivity contribution >= 4 is 17.7 Å². The van der Waals surface area contributed by atoms with E-state index in [1.807, 2.05) is 6.07 Å². The molecule has 0 radical (unpaired) electrons. The van der Waals surface area contributed by atoms with E-state index in [4.69, 9.17) is 10.4 Å². The number of amides is 2. The van der Waals surface area contributed by atoms with Crippen molar-refractivity contribution in [3.63, 3.8) is 0 Å². The van der Waals surface area contributed by atoms with E-state index >= 15 is 0 Å². The zero-order valence-corrected chi connectivity index (χ0v) is 11.2. The zero-order chi connectivity index (χ0) is 16.0. The van der Waals surface area contributed by atoms with Crippen LogP contribution in [-0.2, 0) is 0 Å². The van der Waals surface area contributed by atoms with Gasteiger partial charge in [0.05, 0.1) is 23.7 Å². The minimum absolute atomic E-state index is 0.105. The fraction of sp³-hybridized carbons (Fsp3) is 0.308. The van der Waals surface area contributed by atoms with Crippen LogP contribution in [0.25, 0.3) is 0 Å². The number of nitrogens with zero attached hydrogens (tertiary/aromatic N) is 2. The molecule has 0 aliphatic rings. The molecule has 2 amide bonds. The number of benzene rings is 1. The van der Waals surface area contributed by atoms with Crippen molar-refractivity contribution < 1.29 is 23.5 Å². The average molecular weight is 297 g/mol. The Morgan fingerprint density at radius 3 is 2.57 bits per heavy atom. The van der Waals surface area contributed by atoms with Crippen LogP contribution in [-0.4, -0.2) is 35.1 Å². The number of carbonyl (C=O) groups excluding carboxylic acids is 1. The lowest BCUT2D eigenvalue weighted by Gasteiger charge is -2.20. The van der Waals surface area contributed by atoms with Gasteiger partial charge in [0.2, 0.25) is 0 Å². The molecule has 0 saturated carbocycles. The first kappa shape index (κ1) is 16.4. The summed E-state index contributed by atoms with van der Waals surface area (Å²) in [4.78, 5) is 23.9. The Bertz CT molecular complexity index is 599. The fourth-order valence-corrected chi connectivity index (χ4v) is 1.59. The third kappa shape index (κ3) is 4.14. The second-order valence-electron chi connectivity index (χ2n) is 4.03. The van der Waals surface area contributed by atoms with Gasteiger partial charge in [-0.15, -0.1) is 0 Å². The van der Waals surface area contributed by atoms with Crippen LogP contribution in [0.3, 0.4) is 0 Å². The zero-order valence-electron chi connectivity index (χ0n) is 11.2. The largest absolute Gasteiger partial charge is 0.478 e. The number of hydrogen-bond acceptors (Lipinski definition) is 3. The second-order valence-corrected chi connectivity index (χ2v) is 4.03. The van der Waals surface area contributed by atoms with Crippen molar-refractivity contribution in [3.05, 3.63) is 29.3 Å². The molecule has 0 aliphatic heterocycles. The summed E-state index contributed by atoms with van der Waals surface area (Å²) in [5, 5.41) is 19.4. The predicted octanol–water partition coefficient (Wildman–Crippen LogP) is 2.43. The Balaban J connectivity index is 2.96. The van der Waals surface area contributed by atoms with Crippen LogP contribution in [0.2, 0.25) is 0 Å². The number of rotatable bonds is 5. The van der Waals surface area contributed by atoms with Crippen LogP contribution >= 0.6 is 0 Å². The monoisotopic (exact) mass is 297 g/mol. The molecule has 0 spiro atoms. The normalized spacial score (nSPS) is 9.81. The van der Waals surface area contributed by atoms with Crippen LogP contribution < -0.4 is 5.32 Å². The van der Waals surface area contributed by atoms with Gasteiger partial charge in [-0.05, 0) is 13.0 Å². The summed E-state index contributed by atoms with van der Waals surface area (Å²) in [6.07, 6.45) is 0.105. The summed E-state index contributed by atoms with van der Waals surface area (Å²) in [7, 11) is 0. The summed E-state index contributed by atoms with van der Waals surface area (Å²) in [6.45, 7) is 2.09. The molecule has 1 rings (SSSR count). The maximum absolute atomic E-state index is 13.6. The van der Waals surface area contributed by atoms with Gasteiger partial charge < -0.3 is 15.3 Å². The number of carboxylic acid groups (broad SMARTS) is 1. The first-order valence-corrected chi connectivity index (χ1v) is 6.05. The summed E-state index contributed by atoms with van der Waals surface area (Å²) >= 11 is 0. The van der Waals surface area contributed by atoms with Crippen LogP contribution in [0.5, 0.6) is 0 Å². The van der Waals surface area contributed by atoms with Crippen LogP contribution in [0.4, 0.5) is 19.3 Å². The highest BCUT2D eigenvalue weighted by Gasteiger charge is 2.18. The van der Waals surface area contributed by atoms with Crippen molar-refractivity contribution in [2.75, 3.05) is 18.4 Å². The lowest BCUT2D eigenvalue weighted by Crippen LogP contribution is -2.35. The van der Waals surface area contributed by atoms with Crippen LogP contribution in [0, 0.1) is 23.0 Å². The number of hydrogen-bond donors (Lipinski definition) is 2. The van der Waals surface area contributed by atoms with Gasteiger partial charge in [0, 0.05) is 19.2 Å². The van der Waals surface area contributed by atoms with Crippen molar-refractivity contribution in [1.29, 1.82) is 5.26 Å². The summed E-state index contributed by atoms with van der Waals surface area (Å²) in [5.41, 5.74) is -1.18. The predicted molar refractivity (Wildman–Crippen MR) is 69.8 cm³/mol. The van der Waals surface area contributed by atoms with E-state index in [2.05, 4.69) is 5.32 Å². The number of halogens is 2. The molecule has 1 aromatic carbocycles. The quantitative estimate of drug-likeness (QED) is 0.872. The molecule has 0 unspecified atom stereocenters. The van der Waals surface area contributed by atoms with Gasteiger partial charge in [0.25, 0.3) is 0 Å². The van der Waals surface area contributed by atoms with E-state index in [1.165, 1.54) is 4.90 Å². The summed E-state index contributed by atoms with van der Waals surface area (Å²) in [5.74, 6) is -3.88. The molecule has 0 saturated heterocycles. The minimum atomic E-state index is -1.57. The molecule has 1 aromatic rings. The van der Waals surface area contributed by atoms with Gasteiger partial charge in [0.1, 0.15) is 11.6 Å². The van der Waals surface area contributed by atoms with Crippen LogP contribution in [0.1, 0.15) is 23.7 Å². The lowest BCUT2D eigenvalue weighted by atomic mass is 10.2. The highest BCUT2D eigenvalue weighted by molar-refractivity contribution is 5.93. The first-order chi connectivity index (χ1) is 9.90. The maximum Gasteiger partial charge on any atom is 0.338 e. The van der Waals surface area contributed by atoms with Crippen LogP contribution in [0.15, 0.2) is 12.1 Å². The summed E-state index contributed by atoms with van der Waals surface area (Å²) in [6, 6.07) is 2.28. The topological polar surface area (TPSA) is 93.4 Å². The van der Waals surface area contributed by atoms with E-state index < -0.39 is 34.9 Å². The Morgan fingerprint density at radius 1 is 1.38 bits per heavy atom. The average Bonchev–Trinajstić information content (AvgIpc) is 2.42. The molecule has 6 nitrogen and oxygen atoms in total. The Hall–Kier alpha value is -2.69. The second kappa shape index (κ2) is 7.19. The van der Waals surface area contributed by atoms with E-state index in [-0.39, 0.29) is 19.5 Å². The van der Waals surface area contributed by atoms with Crippen molar-refractivity contribution in [2.24, 2.45) is 0 Å². The molecule has 0 aliphatic carbocycles. The molecule has 0 atom stereocenters. The number of nitriles is 1. The molecule has 0 fully saturated rings. The molecule has 112 valence electrons. The molecular weight excluding hydrogens is 284 g/mol. The van der Waals surface area contributed by atoms with Crippen molar-refractivity contribution in [1.82, 2.24) is 4.90 Å². The highest BCUT2D eigenvalue weighted by atomic mass is 19.1. The molecule has 0 aromatic heterocycles. The van der Waals surface area contributed by atoms with Crippen molar-refractivity contribution in [3.8, 4) is 6.07 Å². The van der Waals surface area contributed by atoms with Crippen molar-refractivity contribution in [2.45, 2.75) is 13.3 Å². The smallest absolute Gasteiger partial charge is 0.338 e. The number of nitrogens with one attached hydrogen (secondary N) is 1. The molecular formula is C13H13F2N3O3. The number of urea groups is 1. The fourth-order valence-electron chi connectivity index (χ4n) is 1.59. The molecule has 8 heteroatoms. The van der Waals surface area contributed by atoms with E-state index in [0.29, 0.717) is 12.1 Å². The molecule has 0 bridgehead atoms. The van der Waals surface area contributed by atoms with Gasteiger partial charge in [0.15, 0.2) is 0 Å². The summed E-state index contributed by atoms with van der Waals surface area (Å²) < 4.78 is 26.8. The standard InChI is InChI=1S/C13H13F2N3O3/c1-2-18(5-3-4-16)13(21)17-11-6-8(12(19)20)9(14)7-10(11)15/h6-7H,2-3,5H2,1H3,(H,17,21)(H,19,20). The van der Waals surface area contributed by atoms with Gasteiger partial charge >= 0.3 is 12.0 Å². The number of aromatic carboxylic acids is 1. The number of carbonyl (C=O) groups is 2. The highest BCUT2D eigenvalue weighted by Crippen LogP contribution is 2.20. The Kier molecular flexibility index (Phi) is 5.60. The molecule has 21 heavy (non-hydrogen) atoms.